The van der Waals surface area contributed by atoms with Gasteiger partial charge in [0.2, 0.25) is 0 Å². The molecule has 1 unspecified atom stereocenters. The molecule has 26 heavy (non-hydrogen) atoms. The Balaban J connectivity index is 1.64. The molecule has 1 aliphatic rings. The smallest absolute Gasteiger partial charge is 0.194 e. The minimum absolute atomic E-state index is 0.0224. The lowest BCUT2D eigenvalue weighted by Crippen LogP contribution is -2.48. The second-order valence-electron chi connectivity index (χ2n) is 6.37. The lowest BCUT2D eigenvalue weighted by molar-refractivity contribution is -0.00803. The third-order valence-corrected chi connectivity index (χ3v) is 4.58. The Morgan fingerprint density at radius 3 is 3.08 bits per heavy atom. The standard InChI is InChI=1S/C19H26ClN5O/c1-3-21-19(22-8-7-15-5-4-6-17(20)11-15)25-9-10-26-18(14-25)16-12-23-24(2)13-16/h4-6,11-13,18H,3,7-10,14H2,1-2H3,(H,21,22). The molecule has 1 aromatic heterocycles. The van der Waals surface area contributed by atoms with Gasteiger partial charge in [0.15, 0.2) is 5.96 Å². The molecule has 0 aliphatic carbocycles. The number of guanidine groups is 1. The van der Waals surface area contributed by atoms with Crippen molar-refractivity contribution >= 4 is 17.6 Å². The van der Waals surface area contributed by atoms with Gasteiger partial charge in [0.05, 0.1) is 19.3 Å². The minimum Gasteiger partial charge on any atom is -0.370 e. The van der Waals surface area contributed by atoms with E-state index in [2.05, 4.69) is 28.3 Å². The Hall–Kier alpha value is -2.05. The Bertz CT molecular complexity index is 745. The fourth-order valence-electron chi connectivity index (χ4n) is 3.06. The van der Waals surface area contributed by atoms with E-state index in [0.717, 1.165) is 49.1 Å². The number of benzene rings is 1. The summed E-state index contributed by atoms with van der Waals surface area (Å²) in [5, 5.41) is 8.42. The number of aromatic nitrogens is 2. The SMILES string of the molecule is CCNC(=NCCc1cccc(Cl)c1)N1CCOC(c2cnn(C)c2)C1. The molecule has 0 bridgehead atoms. The number of hydrogen-bond acceptors (Lipinski definition) is 3. The van der Waals surface area contributed by atoms with Crippen LogP contribution >= 0.6 is 11.6 Å². The maximum Gasteiger partial charge on any atom is 0.194 e. The normalized spacial score (nSPS) is 18.2. The highest BCUT2D eigenvalue weighted by Gasteiger charge is 2.25. The average Bonchev–Trinajstić information content (AvgIpc) is 3.08. The highest BCUT2D eigenvalue weighted by Crippen LogP contribution is 2.21. The molecule has 1 aromatic carbocycles. The van der Waals surface area contributed by atoms with Crippen LogP contribution in [0, 0.1) is 0 Å². The fourth-order valence-corrected chi connectivity index (χ4v) is 3.27. The van der Waals surface area contributed by atoms with Crippen molar-refractivity contribution in [2.75, 3.05) is 32.8 Å². The molecule has 1 aliphatic heterocycles. The van der Waals surface area contributed by atoms with E-state index >= 15 is 0 Å². The zero-order valence-electron chi connectivity index (χ0n) is 15.4. The summed E-state index contributed by atoms with van der Waals surface area (Å²) in [6, 6.07) is 7.95. The molecule has 0 radical (unpaired) electrons. The van der Waals surface area contributed by atoms with Crippen LogP contribution in [0.2, 0.25) is 5.02 Å². The van der Waals surface area contributed by atoms with Gasteiger partial charge < -0.3 is 15.0 Å². The lowest BCUT2D eigenvalue weighted by Gasteiger charge is -2.34. The van der Waals surface area contributed by atoms with Crippen molar-refractivity contribution in [1.82, 2.24) is 20.0 Å². The van der Waals surface area contributed by atoms with Crippen LogP contribution in [0.1, 0.15) is 24.2 Å². The third-order valence-electron chi connectivity index (χ3n) is 4.35. The summed E-state index contributed by atoms with van der Waals surface area (Å²) < 4.78 is 7.74. The summed E-state index contributed by atoms with van der Waals surface area (Å²) in [5.74, 6) is 0.937. The molecular formula is C19H26ClN5O. The predicted molar refractivity (Wildman–Crippen MR) is 105 cm³/mol. The highest BCUT2D eigenvalue weighted by molar-refractivity contribution is 6.30. The van der Waals surface area contributed by atoms with Gasteiger partial charge in [-0.25, -0.2) is 0 Å². The number of rotatable bonds is 5. The highest BCUT2D eigenvalue weighted by atomic mass is 35.5. The van der Waals surface area contributed by atoms with Crippen molar-refractivity contribution in [2.24, 2.45) is 12.0 Å². The van der Waals surface area contributed by atoms with Crippen LogP contribution in [0.25, 0.3) is 0 Å². The van der Waals surface area contributed by atoms with Crippen LogP contribution in [-0.2, 0) is 18.2 Å². The number of nitrogens with one attached hydrogen (secondary N) is 1. The molecule has 6 nitrogen and oxygen atoms in total. The van der Waals surface area contributed by atoms with E-state index in [1.807, 2.05) is 42.3 Å². The van der Waals surface area contributed by atoms with Crippen molar-refractivity contribution in [3.8, 4) is 0 Å². The van der Waals surface area contributed by atoms with E-state index in [0.29, 0.717) is 6.61 Å². The largest absolute Gasteiger partial charge is 0.370 e. The van der Waals surface area contributed by atoms with Gasteiger partial charge in [-0.15, -0.1) is 0 Å². The van der Waals surface area contributed by atoms with Gasteiger partial charge in [-0.3, -0.25) is 9.67 Å². The van der Waals surface area contributed by atoms with E-state index in [1.54, 1.807) is 0 Å². The summed E-state index contributed by atoms with van der Waals surface area (Å²) in [7, 11) is 1.92. The van der Waals surface area contributed by atoms with Crippen LogP contribution in [0.4, 0.5) is 0 Å². The molecule has 1 atom stereocenters. The summed E-state index contributed by atoms with van der Waals surface area (Å²) >= 11 is 6.06. The fraction of sp³-hybridized carbons (Fsp3) is 0.474. The number of hydrogen-bond donors (Lipinski definition) is 1. The number of aliphatic imine (C=N–C) groups is 1. The second-order valence-corrected chi connectivity index (χ2v) is 6.80. The molecule has 2 heterocycles. The first kappa shape index (κ1) is 18.7. The first-order valence-corrected chi connectivity index (χ1v) is 9.41. The molecule has 0 spiro atoms. The third kappa shape index (κ3) is 4.99. The first-order chi connectivity index (χ1) is 12.7. The quantitative estimate of drug-likeness (QED) is 0.644. The molecule has 1 N–H and O–H groups in total. The van der Waals surface area contributed by atoms with Crippen molar-refractivity contribution in [1.29, 1.82) is 0 Å². The predicted octanol–water partition coefficient (Wildman–Crippen LogP) is 2.66. The number of aryl methyl sites for hydroxylation is 1. The maximum atomic E-state index is 6.06. The zero-order chi connectivity index (χ0) is 18.4. The molecular weight excluding hydrogens is 350 g/mol. The Morgan fingerprint density at radius 1 is 1.46 bits per heavy atom. The first-order valence-electron chi connectivity index (χ1n) is 9.03. The van der Waals surface area contributed by atoms with Gasteiger partial charge >= 0.3 is 0 Å². The Kier molecular flexibility index (Phi) is 6.52. The Morgan fingerprint density at radius 2 is 2.35 bits per heavy atom. The van der Waals surface area contributed by atoms with Gasteiger partial charge in [0, 0.05) is 43.5 Å². The molecule has 7 heteroatoms. The lowest BCUT2D eigenvalue weighted by atomic mass is 10.1. The molecule has 1 fully saturated rings. The topological polar surface area (TPSA) is 54.7 Å². The van der Waals surface area contributed by atoms with Crippen molar-refractivity contribution in [3.05, 3.63) is 52.8 Å². The number of ether oxygens (including phenoxy) is 1. The summed E-state index contributed by atoms with van der Waals surface area (Å²) in [6.07, 6.45) is 4.77. The van der Waals surface area contributed by atoms with E-state index < -0.39 is 0 Å². The van der Waals surface area contributed by atoms with Crippen molar-refractivity contribution in [2.45, 2.75) is 19.4 Å². The average molecular weight is 376 g/mol. The number of halogens is 1. The summed E-state index contributed by atoms with van der Waals surface area (Å²) in [6.45, 7) is 5.93. The molecule has 3 rings (SSSR count). The number of nitrogens with zero attached hydrogens (tertiary/aromatic N) is 4. The van der Waals surface area contributed by atoms with Crippen LogP contribution in [0.5, 0.6) is 0 Å². The van der Waals surface area contributed by atoms with Crippen LogP contribution in [-0.4, -0.2) is 53.4 Å². The van der Waals surface area contributed by atoms with Crippen LogP contribution in [0.3, 0.4) is 0 Å². The van der Waals surface area contributed by atoms with Gasteiger partial charge in [0.25, 0.3) is 0 Å². The molecule has 140 valence electrons. The van der Waals surface area contributed by atoms with Crippen LogP contribution < -0.4 is 5.32 Å². The van der Waals surface area contributed by atoms with Gasteiger partial charge in [0.1, 0.15) is 6.10 Å². The molecule has 1 saturated heterocycles. The zero-order valence-corrected chi connectivity index (χ0v) is 16.1. The van der Waals surface area contributed by atoms with E-state index in [1.165, 1.54) is 5.56 Å². The van der Waals surface area contributed by atoms with E-state index in [-0.39, 0.29) is 6.10 Å². The van der Waals surface area contributed by atoms with E-state index in [4.69, 9.17) is 21.3 Å². The van der Waals surface area contributed by atoms with Crippen molar-refractivity contribution < 1.29 is 4.74 Å². The van der Waals surface area contributed by atoms with Crippen LogP contribution in [0.15, 0.2) is 41.7 Å². The monoisotopic (exact) mass is 375 g/mol. The van der Waals surface area contributed by atoms with Gasteiger partial charge in [-0.1, -0.05) is 23.7 Å². The minimum atomic E-state index is 0.0224. The van der Waals surface area contributed by atoms with Gasteiger partial charge in [-0.2, -0.15) is 5.10 Å². The molecule has 0 saturated carbocycles. The molecule has 0 amide bonds. The maximum absolute atomic E-state index is 6.06. The van der Waals surface area contributed by atoms with Gasteiger partial charge in [-0.05, 0) is 31.0 Å². The molecule has 2 aromatic rings. The summed E-state index contributed by atoms with van der Waals surface area (Å²) in [4.78, 5) is 7.07. The van der Waals surface area contributed by atoms with E-state index in [9.17, 15) is 0 Å². The summed E-state index contributed by atoms with van der Waals surface area (Å²) in [5.41, 5.74) is 2.30. The Labute approximate surface area is 159 Å². The van der Waals surface area contributed by atoms with Crippen molar-refractivity contribution in [3.63, 3.8) is 0 Å². The number of morpholine rings is 1. The second kappa shape index (κ2) is 9.05.